The number of rotatable bonds is 6. The van der Waals surface area contributed by atoms with Crippen LogP contribution >= 0.6 is 11.3 Å². The summed E-state index contributed by atoms with van der Waals surface area (Å²) < 4.78 is 58.7. The minimum atomic E-state index is -4.68. The van der Waals surface area contributed by atoms with Gasteiger partial charge in [0.1, 0.15) is 10.7 Å². The number of aryl methyl sites for hydroxylation is 1. The molecule has 194 valence electrons. The topological polar surface area (TPSA) is 97.3 Å². The van der Waals surface area contributed by atoms with Crippen LogP contribution in [0.2, 0.25) is 0 Å². The van der Waals surface area contributed by atoms with Crippen LogP contribution in [0.5, 0.6) is 5.75 Å². The van der Waals surface area contributed by atoms with Crippen molar-refractivity contribution in [2.45, 2.75) is 44.6 Å². The summed E-state index contributed by atoms with van der Waals surface area (Å²) in [5, 5.41) is 3.27. The fourth-order valence-electron chi connectivity index (χ4n) is 3.90. The molecule has 5 rings (SSSR count). The van der Waals surface area contributed by atoms with Crippen molar-refractivity contribution in [2.75, 3.05) is 18.1 Å². The van der Waals surface area contributed by atoms with Gasteiger partial charge in [0.25, 0.3) is 11.8 Å². The summed E-state index contributed by atoms with van der Waals surface area (Å²) in [6, 6.07) is 2.29. The monoisotopic (exact) mass is 535 g/mol. The fourth-order valence-corrected chi connectivity index (χ4v) is 4.68. The Hall–Kier alpha value is -3.61. The first kappa shape index (κ1) is 25.1. The maximum absolute atomic E-state index is 14.7. The number of nitrogens with one attached hydrogen (secondary N) is 1. The van der Waals surface area contributed by atoms with E-state index in [9.17, 15) is 27.2 Å². The quantitative estimate of drug-likeness (QED) is 0.462. The molecule has 3 heterocycles. The van der Waals surface area contributed by atoms with Gasteiger partial charge in [-0.05, 0) is 38.8 Å². The van der Waals surface area contributed by atoms with Crippen molar-refractivity contribution in [3.8, 4) is 16.3 Å². The van der Waals surface area contributed by atoms with E-state index >= 15 is 0 Å². The van der Waals surface area contributed by atoms with Crippen molar-refractivity contribution in [1.82, 2.24) is 20.3 Å². The molecule has 0 bridgehead atoms. The molecule has 8 nitrogen and oxygen atoms in total. The van der Waals surface area contributed by atoms with Crippen LogP contribution < -0.4 is 15.0 Å². The maximum atomic E-state index is 14.7. The summed E-state index contributed by atoms with van der Waals surface area (Å²) in [5.41, 5.74) is -0.317. The molecule has 0 radical (unpaired) electrons. The molecule has 1 atom stereocenters. The number of halogens is 4. The number of hydrogen-bond acceptors (Lipinski definition) is 7. The molecule has 1 saturated carbocycles. The first-order valence-corrected chi connectivity index (χ1v) is 12.2. The molecule has 0 unspecified atom stereocenters. The molecule has 13 heteroatoms. The highest BCUT2D eigenvalue weighted by atomic mass is 32.1. The summed E-state index contributed by atoms with van der Waals surface area (Å²) in [7, 11) is 0. The summed E-state index contributed by atoms with van der Waals surface area (Å²) in [6.07, 6.45) is -0.318. The number of hydrogen-bond donors (Lipinski definition) is 1. The minimum absolute atomic E-state index is 0.147. The van der Waals surface area contributed by atoms with Gasteiger partial charge in [-0.15, -0.1) is 11.3 Å². The van der Waals surface area contributed by atoms with Crippen LogP contribution in [-0.2, 0) is 11.0 Å². The van der Waals surface area contributed by atoms with Crippen LogP contribution in [0.15, 0.2) is 30.7 Å². The molecule has 3 aromatic rings. The van der Waals surface area contributed by atoms with Gasteiger partial charge in [-0.1, -0.05) is 0 Å². The number of carbonyl (C=O) groups is 2. The highest BCUT2D eigenvalue weighted by Crippen LogP contribution is 2.47. The van der Waals surface area contributed by atoms with Crippen molar-refractivity contribution in [1.29, 1.82) is 0 Å². The SMILES string of the molecule is Cc1cnc(-c2cc(C(=O)N[C@H](C)c3cnc(C(F)(F)F)nc3)cc3c2OCC(=O)N3CC2(F)CC2)s1. The van der Waals surface area contributed by atoms with Crippen LogP contribution in [0.3, 0.4) is 0 Å². The molecule has 2 aliphatic rings. The minimum Gasteiger partial charge on any atom is -0.481 e. The molecule has 2 amide bonds. The van der Waals surface area contributed by atoms with E-state index in [2.05, 4.69) is 20.3 Å². The molecule has 1 aliphatic heterocycles. The van der Waals surface area contributed by atoms with E-state index in [-0.39, 0.29) is 30.0 Å². The number of thiazole rings is 1. The summed E-state index contributed by atoms with van der Waals surface area (Å²) in [4.78, 5) is 39.2. The van der Waals surface area contributed by atoms with E-state index in [1.54, 1.807) is 19.2 Å². The standard InChI is InChI=1S/C24H21F4N5O3S/c1-12-7-29-21(37-12)16-5-14(6-17-19(16)36-10-18(34)33(17)11-23(25)3-4-23)20(35)32-13(2)15-8-30-22(31-9-15)24(26,27)28/h5-9,13H,3-4,10-11H2,1-2H3,(H,32,35)/t13-/m1/s1. The zero-order valence-electron chi connectivity index (χ0n) is 19.7. The molecular weight excluding hydrogens is 514 g/mol. The van der Waals surface area contributed by atoms with Crippen LogP contribution in [0.1, 0.15) is 52.4 Å². The molecule has 1 fully saturated rings. The van der Waals surface area contributed by atoms with Gasteiger partial charge in [0, 0.05) is 34.6 Å². The predicted octanol–water partition coefficient (Wildman–Crippen LogP) is 4.65. The summed E-state index contributed by atoms with van der Waals surface area (Å²) in [6.45, 7) is 3.03. The number of alkyl halides is 4. The van der Waals surface area contributed by atoms with Crippen LogP contribution in [0.4, 0.5) is 23.2 Å². The van der Waals surface area contributed by atoms with Gasteiger partial charge < -0.3 is 15.0 Å². The third-order valence-electron chi connectivity index (χ3n) is 6.12. The number of carbonyl (C=O) groups excluding carboxylic acids is 2. The number of fused-ring (bicyclic) bond motifs is 1. The average molecular weight is 536 g/mol. The number of benzene rings is 1. The number of ether oxygens (including phenoxy) is 1. The lowest BCUT2D eigenvalue weighted by molar-refractivity contribution is -0.145. The van der Waals surface area contributed by atoms with Crippen molar-refractivity contribution in [3.63, 3.8) is 0 Å². The van der Waals surface area contributed by atoms with E-state index in [0.717, 1.165) is 17.3 Å². The Kier molecular flexibility index (Phi) is 6.13. The number of aromatic nitrogens is 3. The summed E-state index contributed by atoms with van der Waals surface area (Å²) >= 11 is 1.37. The maximum Gasteiger partial charge on any atom is 0.451 e. The lowest BCUT2D eigenvalue weighted by atomic mass is 10.0. The van der Waals surface area contributed by atoms with Crippen LogP contribution in [0.25, 0.3) is 10.6 Å². The Morgan fingerprint density at radius 1 is 1.22 bits per heavy atom. The predicted molar refractivity (Wildman–Crippen MR) is 126 cm³/mol. The molecular formula is C24H21F4N5O3S. The van der Waals surface area contributed by atoms with E-state index in [1.807, 2.05) is 6.92 Å². The first-order chi connectivity index (χ1) is 17.4. The van der Waals surface area contributed by atoms with Gasteiger partial charge >= 0.3 is 6.18 Å². The highest BCUT2D eigenvalue weighted by Gasteiger charge is 2.47. The van der Waals surface area contributed by atoms with Gasteiger partial charge in [-0.2, -0.15) is 13.2 Å². The normalized spacial score (nSPS) is 17.1. The lowest BCUT2D eigenvalue weighted by Gasteiger charge is -2.32. The van der Waals surface area contributed by atoms with E-state index in [0.29, 0.717) is 29.2 Å². The largest absolute Gasteiger partial charge is 0.481 e. The molecule has 0 saturated heterocycles. The smallest absolute Gasteiger partial charge is 0.451 e. The van der Waals surface area contributed by atoms with Crippen molar-refractivity contribution >= 4 is 28.8 Å². The molecule has 1 aromatic carbocycles. The van der Waals surface area contributed by atoms with Crippen molar-refractivity contribution < 1.29 is 31.9 Å². The van der Waals surface area contributed by atoms with Crippen molar-refractivity contribution in [3.05, 3.63) is 52.6 Å². The van der Waals surface area contributed by atoms with E-state index in [4.69, 9.17) is 4.74 Å². The Morgan fingerprint density at radius 3 is 2.51 bits per heavy atom. The average Bonchev–Trinajstić information content (AvgIpc) is 3.42. The second-order valence-electron chi connectivity index (χ2n) is 9.10. The zero-order chi connectivity index (χ0) is 26.5. The van der Waals surface area contributed by atoms with E-state index in [1.165, 1.54) is 22.3 Å². The Bertz CT molecular complexity index is 1370. The molecule has 37 heavy (non-hydrogen) atoms. The molecule has 1 aliphatic carbocycles. The number of amides is 2. The third kappa shape index (κ3) is 5.13. The Balaban J connectivity index is 1.49. The first-order valence-electron chi connectivity index (χ1n) is 11.4. The second kappa shape index (κ2) is 9.05. The van der Waals surface area contributed by atoms with Gasteiger partial charge in [-0.3, -0.25) is 9.59 Å². The molecule has 2 aromatic heterocycles. The second-order valence-corrected chi connectivity index (χ2v) is 10.3. The zero-order valence-corrected chi connectivity index (χ0v) is 20.5. The van der Waals surface area contributed by atoms with Gasteiger partial charge in [0.2, 0.25) is 5.82 Å². The highest BCUT2D eigenvalue weighted by molar-refractivity contribution is 7.15. The molecule has 1 N–H and O–H groups in total. The Morgan fingerprint density at radius 2 is 1.92 bits per heavy atom. The van der Waals surface area contributed by atoms with Crippen molar-refractivity contribution in [2.24, 2.45) is 0 Å². The number of nitrogens with zero attached hydrogens (tertiary/aromatic N) is 4. The van der Waals surface area contributed by atoms with Gasteiger partial charge in [-0.25, -0.2) is 19.3 Å². The lowest BCUT2D eigenvalue weighted by Crippen LogP contribution is -2.43. The van der Waals surface area contributed by atoms with Gasteiger partial charge in [0.05, 0.1) is 23.8 Å². The Labute approximate surface area is 212 Å². The van der Waals surface area contributed by atoms with E-state index < -0.39 is 35.5 Å². The molecule has 0 spiro atoms. The van der Waals surface area contributed by atoms with Gasteiger partial charge in [0.15, 0.2) is 12.4 Å². The third-order valence-corrected chi connectivity index (χ3v) is 7.07. The van der Waals surface area contributed by atoms with Crippen LogP contribution in [0, 0.1) is 6.92 Å². The number of anilines is 1. The fraction of sp³-hybridized carbons (Fsp3) is 0.375. The van der Waals surface area contributed by atoms with Crippen LogP contribution in [-0.4, -0.2) is 45.6 Å². The summed E-state index contributed by atoms with van der Waals surface area (Å²) in [5.74, 6) is -1.94.